The molecule has 1 unspecified atom stereocenters. The Balaban J connectivity index is 2.32. The van der Waals surface area contributed by atoms with Crippen molar-refractivity contribution in [2.75, 3.05) is 10.6 Å². The van der Waals surface area contributed by atoms with Crippen LogP contribution >= 0.6 is 0 Å². The molecule has 2 aromatic carbocycles. The predicted octanol–water partition coefficient (Wildman–Crippen LogP) is 3.47. The van der Waals surface area contributed by atoms with Crippen LogP contribution in [0.1, 0.15) is 35.6 Å². The van der Waals surface area contributed by atoms with Gasteiger partial charge in [0.1, 0.15) is 6.04 Å². The molecule has 0 saturated carbocycles. The smallest absolute Gasteiger partial charge is 0.244 e. The van der Waals surface area contributed by atoms with Crippen molar-refractivity contribution in [3.63, 3.8) is 0 Å². The zero-order valence-corrected chi connectivity index (χ0v) is 17.4. The van der Waals surface area contributed by atoms with Gasteiger partial charge in [-0.25, -0.2) is 8.42 Å². The second-order valence-electron chi connectivity index (χ2n) is 6.98. The van der Waals surface area contributed by atoms with Gasteiger partial charge in [-0.2, -0.15) is 0 Å². The molecule has 0 heterocycles. The molecule has 0 radical (unpaired) electrons. The van der Waals surface area contributed by atoms with E-state index in [9.17, 15) is 13.2 Å². The van der Waals surface area contributed by atoms with Gasteiger partial charge in [0.25, 0.3) is 0 Å². The average Bonchev–Trinajstić information content (AvgIpc) is 2.59. The fraction of sp³-hybridized carbons (Fsp3) is 0.381. The summed E-state index contributed by atoms with van der Waals surface area (Å²) in [6.45, 7) is 7.93. The second kappa shape index (κ2) is 8.57. The quantitative estimate of drug-likeness (QED) is 0.790. The van der Waals surface area contributed by atoms with Crippen molar-refractivity contribution in [3.05, 3.63) is 64.7 Å². The highest BCUT2D eigenvalue weighted by atomic mass is 32.2. The van der Waals surface area contributed by atoms with Crippen LogP contribution in [-0.4, -0.2) is 26.6 Å². The summed E-state index contributed by atoms with van der Waals surface area (Å²) < 4.78 is 26.4. The van der Waals surface area contributed by atoms with Crippen molar-refractivity contribution in [1.82, 2.24) is 5.32 Å². The largest absolute Gasteiger partial charge is 0.350 e. The van der Waals surface area contributed by atoms with Crippen LogP contribution < -0.4 is 9.62 Å². The Labute approximate surface area is 162 Å². The van der Waals surface area contributed by atoms with Crippen molar-refractivity contribution in [1.29, 1.82) is 0 Å². The Morgan fingerprint density at radius 1 is 1.07 bits per heavy atom. The number of sulfonamides is 1. The average molecular weight is 389 g/mol. The molecule has 1 N–H and O–H groups in total. The van der Waals surface area contributed by atoms with Crippen LogP contribution in [0, 0.1) is 20.8 Å². The third-order valence-corrected chi connectivity index (χ3v) is 5.65. The maximum Gasteiger partial charge on any atom is 0.244 e. The SMILES string of the molecule is CCC(C(=O)NCc1cccc(C)c1)N(c1cc(C)ccc1C)S(C)(=O)=O. The summed E-state index contributed by atoms with van der Waals surface area (Å²) >= 11 is 0. The van der Waals surface area contributed by atoms with E-state index in [0.717, 1.165) is 28.5 Å². The Hall–Kier alpha value is -2.34. The topological polar surface area (TPSA) is 66.5 Å². The molecule has 0 aromatic heterocycles. The van der Waals surface area contributed by atoms with Crippen LogP contribution in [0.2, 0.25) is 0 Å². The molecule has 0 fully saturated rings. The van der Waals surface area contributed by atoms with Gasteiger partial charge in [0, 0.05) is 6.54 Å². The van der Waals surface area contributed by atoms with Crippen molar-refractivity contribution >= 4 is 21.6 Å². The molecule has 27 heavy (non-hydrogen) atoms. The fourth-order valence-electron chi connectivity index (χ4n) is 3.12. The standard InChI is InChI=1S/C21H28N2O3S/c1-6-19(21(24)22-14-18-9-7-8-15(2)12-18)23(27(5,25)26)20-13-16(3)10-11-17(20)4/h7-13,19H,6,14H2,1-5H3,(H,22,24). The van der Waals surface area contributed by atoms with Gasteiger partial charge in [-0.05, 0) is 49.9 Å². The first-order valence-corrected chi connectivity index (χ1v) is 10.9. The fourth-order valence-corrected chi connectivity index (χ4v) is 4.38. The normalized spacial score (nSPS) is 12.5. The first-order valence-electron chi connectivity index (χ1n) is 9.03. The number of rotatable bonds is 7. The lowest BCUT2D eigenvalue weighted by atomic mass is 10.1. The highest BCUT2D eigenvalue weighted by Crippen LogP contribution is 2.27. The molecule has 0 aliphatic rings. The van der Waals surface area contributed by atoms with Gasteiger partial charge < -0.3 is 5.32 Å². The van der Waals surface area contributed by atoms with Crippen molar-refractivity contribution < 1.29 is 13.2 Å². The molecule has 1 atom stereocenters. The van der Waals surface area contributed by atoms with Crippen LogP contribution in [-0.2, 0) is 21.4 Å². The lowest BCUT2D eigenvalue weighted by molar-refractivity contribution is -0.122. The van der Waals surface area contributed by atoms with Crippen LogP contribution in [0.4, 0.5) is 5.69 Å². The lowest BCUT2D eigenvalue weighted by Crippen LogP contribution is -2.49. The first-order chi connectivity index (χ1) is 12.6. The molecule has 6 heteroatoms. The zero-order valence-electron chi connectivity index (χ0n) is 16.6. The van der Waals surface area contributed by atoms with E-state index in [-0.39, 0.29) is 5.91 Å². The Morgan fingerprint density at radius 2 is 1.74 bits per heavy atom. The summed E-state index contributed by atoms with van der Waals surface area (Å²) in [5, 5.41) is 2.89. The van der Waals surface area contributed by atoms with Crippen LogP contribution in [0.15, 0.2) is 42.5 Å². The number of hydrogen-bond acceptors (Lipinski definition) is 3. The van der Waals surface area contributed by atoms with Crippen LogP contribution in [0.3, 0.4) is 0 Å². The monoisotopic (exact) mass is 388 g/mol. The summed E-state index contributed by atoms with van der Waals surface area (Å²) in [5.74, 6) is -0.301. The van der Waals surface area contributed by atoms with Gasteiger partial charge >= 0.3 is 0 Å². The molecule has 146 valence electrons. The van der Waals surface area contributed by atoms with E-state index in [0.29, 0.717) is 18.7 Å². The maximum absolute atomic E-state index is 12.9. The summed E-state index contributed by atoms with van der Waals surface area (Å²) in [6, 6.07) is 12.7. The lowest BCUT2D eigenvalue weighted by Gasteiger charge is -2.31. The number of carbonyl (C=O) groups is 1. The molecule has 0 spiro atoms. The summed E-state index contributed by atoms with van der Waals surface area (Å²) in [4.78, 5) is 12.9. The van der Waals surface area contributed by atoms with Crippen molar-refractivity contribution in [3.8, 4) is 0 Å². The summed E-state index contributed by atoms with van der Waals surface area (Å²) in [5.41, 5.74) is 4.41. The Kier molecular flexibility index (Phi) is 6.65. The van der Waals surface area contributed by atoms with Gasteiger partial charge in [-0.15, -0.1) is 0 Å². The number of nitrogens with zero attached hydrogens (tertiary/aromatic N) is 1. The third-order valence-electron chi connectivity index (χ3n) is 4.48. The molecule has 2 rings (SSSR count). The minimum absolute atomic E-state index is 0.301. The Morgan fingerprint density at radius 3 is 2.33 bits per heavy atom. The van der Waals surface area contributed by atoms with Crippen LogP contribution in [0.25, 0.3) is 0 Å². The van der Waals surface area contributed by atoms with E-state index >= 15 is 0 Å². The highest BCUT2D eigenvalue weighted by molar-refractivity contribution is 7.92. The molecule has 2 aromatic rings. The number of aryl methyl sites for hydroxylation is 3. The number of anilines is 1. The van der Waals surface area contributed by atoms with E-state index in [1.54, 1.807) is 0 Å². The van der Waals surface area contributed by atoms with Crippen molar-refractivity contribution in [2.45, 2.75) is 46.7 Å². The summed E-state index contributed by atoms with van der Waals surface area (Å²) in [7, 11) is -3.63. The number of benzene rings is 2. The number of hydrogen-bond donors (Lipinski definition) is 1. The Bertz CT molecular complexity index is 923. The van der Waals surface area contributed by atoms with Crippen LogP contribution in [0.5, 0.6) is 0 Å². The van der Waals surface area contributed by atoms with Gasteiger partial charge in [0.2, 0.25) is 15.9 Å². The molecular weight excluding hydrogens is 360 g/mol. The van der Waals surface area contributed by atoms with E-state index < -0.39 is 16.1 Å². The van der Waals surface area contributed by atoms with Gasteiger partial charge in [0.05, 0.1) is 11.9 Å². The molecule has 1 amide bonds. The van der Waals surface area contributed by atoms with Gasteiger partial charge in [-0.3, -0.25) is 9.10 Å². The van der Waals surface area contributed by atoms with Crippen molar-refractivity contribution in [2.24, 2.45) is 0 Å². The number of carbonyl (C=O) groups excluding carboxylic acids is 1. The molecule has 0 saturated heterocycles. The molecule has 0 aliphatic carbocycles. The third kappa shape index (κ3) is 5.32. The minimum Gasteiger partial charge on any atom is -0.350 e. The highest BCUT2D eigenvalue weighted by Gasteiger charge is 2.32. The van der Waals surface area contributed by atoms with E-state index in [1.165, 1.54) is 4.31 Å². The number of nitrogens with one attached hydrogen (secondary N) is 1. The molecule has 0 aliphatic heterocycles. The summed E-state index contributed by atoms with van der Waals surface area (Å²) in [6.07, 6.45) is 1.52. The zero-order chi connectivity index (χ0) is 20.2. The molecule has 5 nitrogen and oxygen atoms in total. The van der Waals surface area contributed by atoms with Gasteiger partial charge in [-0.1, -0.05) is 48.9 Å². The molecular formula is C21H28N2O3S. The maximum atomic E-state index is 12.9. The second-order valence-corrected chi connectivity index (χ2v) is 8.84. The van der Waals surface area contributed by atoms with E-state index in [4.69, 9.17) is 0 Å². The first kappa shape index (κ1) is 21.0. The van der Waals surface area contributed by atoms with Gasteiger partial charge in [0.15, 0.2) is 0 Å². The molecule has 0 bridgehead atoms. The predicted molar refractivity (Wildman–Crippen MR) is 110 cm³/mol. The minimum atomic E-state index is -3.63. The van der Waals surface area contributed by atoms with E-state index in [2.05, 4.69) is 5.32 Å². The number of amides is 1. The van der Waals surface area contributed by atoms with E-state index in [1.807, 2.05) is 70.2 Å².